The van der Waals surface area contributed by atoms with E-state index in [1.165, 1.54) is 48.5 Å². The third-order valence-corrected chi connectivity index (χ3v) is 4.32. The van der Waals surface area contributed by atoms with Gasteiger partial charge in [-0.25, -0.2) is 0 Å². The topological polar surface area (TPSA) is 152 Å². The zero-order valence-electron chi connectivity index (χ0n) is 16.1. The molecule has 10 nitrogen and oxygen atoms in total. The molecule has 0 aliphatic rings. The van der Waals surface area contributed by atoms with Gasteiger partial charge >= 0.3 is 0 Å². The van der Waals surface area contributed by atoms with Crippen LogP contribution < -0.4 is 5.32 Å². The molecule has 0 bridgehead atoms. The standard InChI is InChI=1S/C21H14N4O6/c1-13-2-5-17(25(29)30)11-19(13)23-21(26)15(12-22)10-18-8-9-20(31-18)14-3-6-16(7-4-14)24(27)28/h2-11H,1H3,(H,23,26)/b15-10+. The van der Waals surface area contributed by atoms with E-state index in [1.54, 1.807) is 25.1 Å². The van der Waals surface area contributed by atoms with E-state index < -0.39 is 15.8 Å². The monoisotopic (exact) mass is 418 g/mol. The SMILES string of the molecule is Cc1ccc([N+](=O)[O-])cc1NC(=O)/C(C#N)=C/c1ccc(-c2ccc([N+](=O)[O-])cc2)o1. The highest BCUT2D eigenvalue weighted by atomic mass is 16.6. The smallest absolute Gasteiger partial charge is 0.271 e. The van der Waals surface area contributed by atoms with Crippen LogP contribution in [0.5, 0.6) is 0 Å². The van der Waals surface area contributed by atoms with Gasteiger partial charge in [0.05, 0.1) is 15.5 Å². The Balaban J connectivity index is 1.81. The zero-order chi connectivity index (χ0) is 22.5. The van der Waals surface area contributed by atoms with Crippen molar-refractivity contribution >= 4 is 29.0 Å². The number of nitrogens with zero attached hydrogens (tertiary/aromatic N) is 3. The number of hydrogen-bond acceptors (Lipinski definition) is 7. The molecule has 0 aliphatic heterocycles. The first-order valence-electron chi connectivity index (χ1n) is 8.81. The van der Waals surface area contributed by atoms with Crippen LogP contribution in [-0.2, 0) is 4.79 Å². The maximum atomic E-state index is 12.5. The van der Waals surface area contributed by atoms with Gasteiger partial charge in [-0.2, -0.15) is 5.26 Å². The number of non-ortho nitro benzene ring substituents is 2. The van der Waals surface area contributed by atoms with Gasteiger partial charge < -0.3 is 9.73 Å². The summed E-state index contributed by atoms with van der Waals surface area (Å²) in [6.45, 7) is 1.66. The van der Waals surface area contributed by atoms with Crippen molar-refractivity contribution in [2.24, 2.45) is 0 Å². The second-order valence-electron chi connectivity index (χ2n) is 6.39. The van der Waals surface area contributed by atoms with Crippen molar-refractivity contribution in [2.75, 3.05) is 5.32 Å². The molecular formula is C21H14N4O6. The highest BCUT2D eigenvalue weighted by molar-refractivity contribution is 6.09. The molecule has 0 unspecified atom stereocenters. The Morgan fingerprint density at radius 2 is 1.68 bits per heavy atom. The van der Waals surface area contributed by atoms with Gasteiger partial charge in [0, 0.05) is 35.9 Å². The Labute approximate surface area is 175 Å². The van der Waals surface area contributed by atoms with E-state index in [4.69, 9.17) is 4.42 Å². The van der Waals surface area contributed by atoms with Gasteiger partial charge in [-0.3, -0.25) is 25.0 Å². The second kappa shape index (κ2) is 8.71. The van der Waals surface area contributed by atoms with Crippen molar-refractivity contribution in [1.82, 2.24) is 0 Å². The second-order valence-corrected chi connectivity index (χ2v) is 6.39. The largest absolute Gasteiger partial charge is 0.457 e. The summed E-state index contributed by atoms with van der Waals surface area (Å²) in [5.41, 5.74) is 0.870. The Hall–Kier alpha value is -4.78. The molecule has 154 valence electrons. The van der Waals surface area contributed by atoms with Crippen LogP contribution in [0.3, 0.4) is 0 Å². The lowest BCUT2D eigenvalue weighted by Crippen LogP contribution is -2.14. The fourth-order valence-electron chi connectivity index (χ4n) is 2.67. The molecule has 0 radical (unpaired) electrons. The van der Waals surface area contributed by atoms with Gasteiger partial charge in [0.15, 0.2) is 0 Å². The van der Waals surface area contributed by atoms with E-state index in [0.29, 0.717) is 16.9 Å². The molecule has 0 atom stereocenters. The van der Waals surface area contributed by atoms with Crippen LogP contribution in [0, 0.1) is 38.5 Å². The van der Waals surface area contributed by atoms with E-state index >= 15 is 0 Å². The summed E-state index contributed by atoms with van der Waals surface area (Å²) in [6.07, 6.45) is 1.23. The number of aryl methyl sites for hydroxylation is 1. The number of rotatable bonds is 6. The van der Waals surface area contributed by atoms with Crippen LogP contribution >= 0.6 is 0 Å². The fourth-order valence-corrected chi connectivity index (χ4v) is 2.67. The molecule has 0 fully saturated rings. The van der Waals surface area contributed by atoms with E-state index in [1.807, 2.05) is 0 Å². The van der Waals surface area contributed by atoms with Crippen molar-refractivity contribution < 1.29 is 19.1 Å². The minimum atomic E-state index is -0.751. The van der Waals surface area contributed by atoms with Crippen LogP contribution in [0.2, 0.25) is 0 Å². The molecule has 0 saturated carbocycles. The molecule has 0 aliphatic carbocycles. The minimum absolute atomic E-state index is 0.0599. The van der Waals surface area contributed by atoms with Crippen molar-refractivity contribution in [3.8, 4) is 17.4 Å². The normalized spacial score (nSPS) is 10.9. The third-order valence-electron chi connectivity index (χ3n) is 4.32. The number of furan rings is 1. The number of carbonyl (C=O) groups excluding carboxylic acids is 1. The number of benzene rings is 2. The average Bonchev–Trinajstić information content (AvgIpc) is 3.22. The van der Waals surface area contributed by atoms with Crippen molar-refractivity contribution in [3.63, 3.8) is 0 Å². The number of nitrogens with one attached hydrogen (secondary N) is 1. The average molecular weight is 418 g/mol. The zero-order valence-corrected chi connectivity index (χ0v) is 16.1. The van der Waals surface area contributed by atoms with E-state index in [9.17, 15) is 30.3 Å². The van der Waals surface area contributed by atoms with Gasteiger partial charge in [-0.15, -0.1) is 0 Å². The number of carbonyl (C=O) groups is 1. The summed E-state index contributed by atoms with van der Waals surface area (Å²) < 4.78 is 5.61. The quantitative estimate of drug-likeness (QED) is 0.265. The first-order valence-corrected chi connectivity index (χ1v) is 8.81. The first kappa shape index (κ1) is 20.9. The van der Waals surface area contributed by atoms with Crippen LogP contribution in [0.4, 0.5) is 17.1 Å². The lowest BCUT2D eigenvalue weighted by molar-refractivity contribution is -0.385. The molecule has 2 aromatic carbocycles. The number of hydrogen-bond donors (Lipinski definition) is 1. The van der Waals surface area contributed by atoms with Gasteiger partial charge in [0.1, 0.15) is 23.2 Å². The Bertz CT molecular complexity index is 1250. The molecule has 1 N–H and O–H groups in total. The number of nitro benzene ring substituents is 2. The van der Waals surface area contributed by atoms with E-state index in [0.717, 1.165) is 0 Å². The lowest BCUT2D eigenvalue weighted by Gasteiger charge is -2.07. The molecule has 1 amide bonds. The molecule has 3 rings (SSSR count). The van der Waals surface area contributed by atoms with Gasteiger partial charge in [0.25, 0.3) is 17.3 Å². The molecule has 0 saturated heterocycles. The highest BCUT2D eigenvalue weighted by Gasteiger charge is 2.15. The predicted molar refractivity (Wildman–Crippen MR) is 111 cm³/mol. The number of nitro groups is 2. The summed E-state index contributed by atoms with van der Waals surface area (Å²) in [7, 11) is 0. The third kappa shape index (κ3) is 4.80. The fraction of sp³-hybridized carbons (Fsp3) is 0.0476. The molecule has 0 spiro atoms. The molecule has 10 heteroatoms. The first-order chi connectivity index (χ1) is 14.8. The molecule has 3 aromatic rings. The van der Waals surface area contributed by atoms with Crippen molar-refractivity contribution in [3.05, 3.63) is 91.7 Å². The maximum Gasteiger partial charge on any atom is 0.271 e. The summed E-state index contributed by atoms with van der Waals surface area (Å²) >= 11 is 0. The van der Waals surface area contributed by atoms with E-state index in [-0.39, 0.29) is 28.4 Å². The van der Waals surface area contributed by atoms with Crippen LogP contribution in [-0.4, -0.2) is 15.8 Å². The van der Waals surface area contributed by atoms with Crippen LogP contribution in [0.15, 0.2) is 64.6 Å². The highest BCUT2D eigenvalue weighted by Crippen LogP contribution is 2.26. The summed E-state index contributed by atoms with van der Waals surface area (Å²) in [5.74, 6) is -0.136. The van der Waals surface area contributed by atoms with Crippen LogP contribution in [0.25, 0.3) is 17.4 Å². The minimum Gasteiger partial charge on any atom is -0.457 e. The Morgan fingerprint density at radius 1 is 1.03 bits per heavy atom. The van der Waals surface area contributed by atoms with Crippen LogP contribution in [0.1, 0.15) is 11.3 Å². The van der Waals surface area contributed by atoms with Gasteiger partial charge in [0.2, 0.25) is 0 Å². The summed E-state index contributed by atoms with van der Waals surface area (Å²) in [6, 6.07) is 14.7. The number of anilines is 1. The number of nitriles is 1. The van der Waals surface area contributed by atoms with Gasteiger partial charge in [-0.05, 0) is 36.8 Å². The lowest BCUT2D eigenvalue weighted by atomic mass is 10.1. The molecule has 31 heavy (non-hydrogen) atoms. The molecule has 1 heterocycles. The van der Waals surface area contributed by atoms with Crippen molar-refractivity contribution in [2.45, 2.75) is 6.92 Å². The summed E-state index contributed by atoms with van der Waals surface area (Å²) in [5, 5.41) is 33.5. The molecular weight excluding hydrogens is 404 g/mol. The van der Waals surface area contributed by atoms with Gasteiger partial charge in [-0.1, -0.05) is 6.07 Å². The Morgan fingerprint density at radius 3 is 2.29 bits per heavy atom. The predicted octanol–water partition coefficient (Wildman–Crippen LogP) is 4.62. The summed E-state index contributed by atoms with van der Waals surface area (Å²) in [4.78, 5) is 33.1. The Kier molecular flexibility index (Phi) is 5.88. The molecule has 1 aromatic heterocycles. The van der Waals surface area contributed by atoms with E-state index in [2.05, 4.69) is 5.32 Å². The maximum absolute atomic E-state index is 12.5. The number of amides is 1. The van der Waals surface area contributed by atoms with Crippen molar-refractivity contribution in [1.29, 1.82) is 5.26 Å².